The summed E-state index contributed by atoms with van der Waals surface area (Å²) in [5, 5.41) is 10.3. The molecule has 0 rings (SSSR count). The predicted octanol–water partition coefficient (Wildman–Crippen LogP) is 10.5. The molecule has 64 heavy (non-hydrogen) atoms. The second kappa shape index (κ2) is 41.3. The van der Waals surface area contributed by atoms with Crippen LogP contribution < -0.4 is 0 Å². The number of aliphatic hydroxyl groups is 1. The maximum Gasteiger partial charge on any atom is 0.472 e. The fraction of sp³-hybridized carbons (Fsp3) is 0.911. The number of unbranched alkanes of at least 4 members (excludes halogenated alkanes) is 20. The Morgan fingerprint density at radius 1 is 0.375 bits per heavy atom. The molecule has 0 aromatic carbocycles. The molecule has 19 heteroatoms. The van der Waals surface area contributed by atoms with E-state index < -0.39 is 97.5 Å². The molecule has 378 valence electrons. The highest BCUT2D eigenvalue weighted by atomic mass is 31.2. The van der Waals surface area contributed by atoms with Crippen LogP contribution in [0.5, 0.6) is 0 Å². The molecule has 0 aliphatic rings. The third-order valence-electron chi connectivity index (χ3n) is 10.1. The van der Waals surface area contributed by atoms with Gasteiger partial charge in [0.15, 0.2) is 12.2 Å². The zero-order chi connectivity index (χ0) is 47.7. The molecule has 0 saturated carbocycles. The summed E-state index contributed by atoms with van der Waals surface area (Å²) in [6, 6.07) is 0. The number of phosphoric ester groups is 2. The lowest BCUT2D eigenvalue weighted by Crippen LogP contribution is -2.30. The summed E-state index contributed by atoms with van der Waals surface area (Å²) >= 11 is 0. The van der Waals surface area contributed by atoms with Crippen molar-refractivity contribution in [3.05, 3.63) is 0 Å². The molecule has 0 aliphatic carbocycles. The van der Waals surface area contributed by atoms with Gasteiger partial charge in [0.25, 0.3) is 0 Å². The molecule has 5 atom stereocenters. The minimum atomic E-state index is -4.91. The van der Waals surface area contributed by atoms with Gasteiger partial charge in [0, 0.05) is 25.7 Å². The van der Waals surface area contributed by atoms with E-state index in [2.05, 4.69) is 13.8 Å². The van der Waals surface area contributed by atoms with Gasteiger partial charge >= 0.3 is 39.5 Å². The molecule has 0 bridgehead atoms. The molecule has 0 saturated heterocycles. The number of ether oxygens (including phenoxy) is 4. The van der Waals surface area contributed by atoms with Crippen LogP contribution in [0.1, 0.15) is 207 Å². The van der Waals surface area contributed by atoms with Crippen molar-refractivity contribution in [1.82, 2.24) is 0 Å². The van der Waals surface area contributed by atoms with E-state index in [1.54, 1.807) is 0 Å². The van der Waals surface area contributed by atoms with Crippen molar-refractivity contribution in [3.63, 3.8) is 0 Å². The molecule has 0 amide bonds. The van der Waals surface area contributed by atoms with Crippen LogP contribution in [-0.4, -0.2) is 96.7 Å². The number of hydrogen-bond donors (Lipinski definition) is 3. The van der Waals surface area contributed by atoms with Crippen LogP contribution in [0.2, 0.25) is 0 Å². The van der Waals surface area contributed by atoms with Gasteiger partial charge in [-0.3, -0.25) is 37.3 Å². The second-order valence-electron chi connectivity index (χ2n) is 16.4. The first kappa shape index (κ1) is 62.1. The van der Waals surface area contributed by atoms with Gasteiger partial charge in [0.1, 0.15) is 19.3 Å². The Morgan fingerprint density at radius 2 is 0.625 bits per heavy atom. The summed E-state index contributed by atoms with van der Waals surface area (Å²) < 4.78 is 66.4. The van der Waals surface area contributed by atoms with Crippen molar-refractivity contribution in [2.24, 2.45) is 0 Å². The molecule has 0 fully saturated rings. The molecule has 0 aliphatic heterocycles. The first-order valence-electron chi connectivity index (χ1n) is 24.3. The van der Waals surface area contributed by atoms with Crippen LogP contribution in [0.4, 0.5) is 0 Å². The first-order valence-corrected chi connectivity index (χ1v) is 27.3. The van der Waals surface area contributed by atoms with Crippen molar-refractivity contribution in [2.75, 3.05) is 39.6 Å². The molecule has 2 unspecified atom stereocenters. The van der Waals surface area contributed by atoms with E-state index in [1.165, 1.54) is 32.1 Å². The molecule has 0 spiro atoms. The Balaban J connectivity index is 5.06. The van der Waals surface area contributed by atoms with Crippen LogP contribution in [0, 0.1) is 0 Å². The third kappa shape index (κ3) is 40.3. The summed E-state index contributed by atoms with van der Waals surface area (Å²) in [4.78, 5) is 70.3. The van der Waals surface area contributed by atoms with E-state index in [0.717, 1.165) is 96.3 Å². The molecular weight excluding hydrogens is 874 g/mol. The Bertz CT molecular complexity index is 1290. The summed E-state index contributed by atoms with van der Waals surface area (Å²) in [6.45, 7) is 4.38. The topological polar surface area (TPSA) is 237 Å². The van der Waals surface area contributed by atoms with Crippen LogP contribution in [0.15, 0.2) is 0 Å². The third-order valence-corrected chi connectivity index (χ3v) is 12.0. The average Bonchev–Trinajstić information content (AvgIpc) is 3.26. The number of rotatable bonds is 46. The van der Waals surface area contributed by atoms with E-state index >= 15 is 0 Å². The van der Waals surface area contributed by atoms with E-state index in [-0.39, 0.29) is 25.7 Å². The quantitative estimate of drug-likeness (QED) is 0.0222. The summed E-state index contributed by atoms with van der Waals surface area (Å²) in [5.74, 6) is -2.21. The van der Waals surface area contributed by atoms with E-state index in [1.807, 2.05) is 13.8 Å². The lowest BCUT2D eigenvalue weighted by atomic mass is 10.1. The minimum Gasteiger partial charge on any atom is -0.462 e. The van der Waals surface area contributed by atoms with E-state index in [9.17, 15) is 43.2 Å². The Morgan fingerprint density at radius 3 is 0.969 bits per heavy atom. The van der Waals surface area contributed by atoms with Gasteiger partial charge in [-0.25, -0.2) is 9.13 Å². The van der Waals surface area contributed by atoms with Crippen LogP contribution in [0.25, 0.3) is 0 Å². The molecule has 0 aromatic rings. The van der Waals surface area contributed by atoms with Gasteiger partial charge in [-0.15, -0.1) is 0 Å². The summed E-state index contributed by atoms with van der Waals surface area (Å²) in [7, 11) is -9.81. The van der Waals surface area contributed by atoms with Gasteiger partial charge < -0.3 is 33.8 Å². The number of carbonyl (C=O) groups excluding carboxylic acids is 4. The van der Waals surface area contributed by atoms with Crippen LogP contribution in [0.3, 0.4) is 0 Å². The highest BCUT2D eigenvalue weighted by Crippen LogP contribution is 2.45. The number of esters is 4. The van der Waals surface area contributed by atoms with Crippen molar-refractivity contribution >= 4 is 39.5 Å². The maximum absolute atomic E-state index is 12.7. The van der Waals surface area contributed by atoms with Gasteiger partial charge in [-0.05, 0) is 25.7 Å². The van der Waals surface area contributed by atoms with Crippen LogP contribution in [-0.2, 0) is 65.4 Å². The molecule has 0 heterocycles. The molecular formula is C45H86O17P2. The van der Waals surface area contributed by atoms with Crippen molar-refractivity contribution in [2.45, 2.75) is 226 Å². The largest absolute Gasteiger partial charge is 0.472 e. The highest BCUT2D eigenvalue weighted by molar-refractivity contribution is 7.47. The van der Waals surface area contributed by atoms with Crippen molar-refractivity contribution < 1.29 is 80.2 Å². The lowest BCUT2D eigenvalue weighted by Gasteiger charge is -2.21. The van der Waals surface area contributed by atoms with Gasteiger partial charge in [0.05, 0.1) is 26.4 Å². The zero-order valence-electron chi connectivity index (χ0n) is 39.7. The van der Waals surface area contributed by atoms with Gasteiger partial charge in [-0.2, -0.15) is 0 Å². The standard InChI is InChI=1S/C45H86O17P2/c1-5-9-13-16-18-19-20-22-24-28-32-45(50)61-40(35-55-42(47)29-25-12-8-4)37-59-63(51,52)57-33-39(46)34-58-64(53,54)60-38-41(36-56-43(48)30-26-15-11-7-3)62-44(49)31-27-23-21-17-14-10-6-2/h39-41,46H,5-38H2,1-4H3,(H,51,52)(H,53,54)/t39-,40-,41-/m1/s1. The lowest BCUT2D eigenvalue weighted by molar-refractivity contribution is -0.161. The predicted molar refractivity (Wildman–Crippen MR) is 243 cm³/mol. The van der Waals surface area contributed by atoms with E-state index in [0.29, 0.717) is 25.7 Å². The van der Waals surface area contributed by atoms with E-state index in [4.69, 9.17) is 37.0 Å². The van der Waals surface area contributed by atoms with Gasteiger partial charge in [0.2, 0.25) is 0 Å². The Kier molecular flexibility index (Phi) is 40.0. The number of aliphatic hydroxyl groups excluding tert-OH is 1. The SMILES string of the molecule is CCCCCCCCCCCCC(=O)O[C@H](COC(=O)CCCCC)COP(=O)(O)OC[C@@H](O)COP(=O)(O)OC[C@@H](COC(=O)CCCCCC)OC(=O)CCCCCCCCC. The zero-order valence-corrected chi connectivity index (χ0v) is 41.5. The van der Waals surface area contributed by atoms with Crippen molar-refractivity contribution in [1.29, 1.82) is 0 Å². The number of carbonyl (C=O) groups is 4. The number of hydrogen-bond acceptors (Lipinski definition) is 15. The molecule has 17 nitrogen and oxygen atoms in total. The van der Waals surface area contributed by atoms with Gasteiger partial charge in [-0.1, -0.05) is 156 Å². The molecule has 3 N–H and O–H groups in total. The Hall–Kier alpha value is -1.94. The summed E-state index contributed by atoms with van der Waals surface area (Å²) in [6.07, 6.45) is 19.9. The van der Waals surface area contributed by atoms with Crippen LogP contribution >= 0.6 is 15.6 Å². The minimum absolute atomic E-state index is 0.102. The Labute approximate surface area is 384 Å². The van der Waals surface area contributed by atoms with Crippen molar-refractivity contribution in [3.8, 4) is 0 Å². The highest BCUT2D eigenvalue weighted by Gasteiger charge is 2.30. The first-order chi connectivity index (χ1) is 30.7. The molecule has 0 aromatic heterocycles. The smallest absolute Gasteiger partial charge is 0.462 e. The number of phosphoric acid groups is 2. The fourth-order valence-electron chi connectivity index (χ4n) is 6.27. The monoisotopic (exact) mass is 961 g/mol. The fourth-order valence-corrected chi connectivity index (χ4v) is 7.85. The average molecular weight is 961 g/mol. The maximum atomic E-state index is 12.7. The normalized spacial score (nSPS) is 14.8. The molecule has 0 radical (unpaired) electrons. The second-order valence-corrected chi connectivity index (χ2v) is 19.3. The summed E-state index contributed by atoms with van der Waals surface area (Å²) in [5.41, 5.74) is 0.